The predicted molar refractivity (Wildman–Crippen MR) is 80.9 cm³/mol. The standard InChI is InChI=1S/C14H20Cl2N2O/c1-14(2,18-13(19)6-7-17-3)9-10-4-5-11(15)8-12(10)16/h4-5,8,17H,6-7,9H2,1-3H3,(H,18,19). The molecular formula is C14H20Cl2N2O. The molecule has 0 spiro atoms. The molecule has 0 aromatic heterocycles. The number of hydrogen-bond acceptors (Lipinski definition) is 2. The molecule has 0 saturated heterocycles. The number of rotatable bonds is 6. The van der Waals surface area contributed by atoms with Gasteiger partial charge >= 0.3 is 0 Å². The summed E-state index contributed by atoms with van der Waals surface area (Å²) in [6.45, 7) is 4.63. The third-order valence-corrected chi connectivity index (χ3v) is 3.31. The average molecular weight is 303 g/mol. The van der Waals surface area contributed by atoms with Gasteiger partial charge in [0.25, 0.3) is 0 Å². The van der Waals surface area contributed by atoms with Crippen molar-refractivity contribution < 1.29 is 4.79 Å². The maximum Gasteiger partial charge on any atom is 0.221 e. The Kier molecular flexibility index (Phi) is 6.11. The molecule has 0 radical (unpaired) electrons. The molecule has 19 heavy (non-hydrogen) atoms. The Bertz CT molecular complexity index is 447. The molecule has 0 aliphatic carbocycles. The van der Waals surface area contributed by atoms with Crippen LogP contribution < -0.4 is 10.6 Å². The predicted octanol–water partition coefficient (Wildman–Crippen LogP) is 3.04. The van der Waals surface area contributed by atoms with Gasteiger partial charge < -0.3 is 10.6 Å². The average Bonchev–Trinajstić information content (AvgIpc) is 2.29. The first-order valence-corrected chi connectivity index (χ1v) is 6.99. The van der Waals surface area contributed by atoms with Crippen LogP contribution >= 0.6 is 23.2 Å². The van der Waals surface area contributed by atoms with Gasteiger partial charge in [0, 0.05) is 28.5 Å². The molecular weight excluding hydrogens is 283 g/mol. The van der Waals surface area contributed by atoms with Crippen molar-refractivity contribution in [1.82, 2.24) is 10.6 Å². The summed E-state index contributed by atoms with van der Waals surface area (Å²) in [6, 6.07) is 5.42. The van der Waals surface area contributed by atoms with E-state index in [1.165, 1.54) is 0 Å². The maximum absolute atomic E-state index is 11.7. The molecule has 0 aliphatic rings. The molecule has 0 atom stereocenters. The third-order valence-electron chi connectivity index (χ3n) is 2.73. The largest absolute Gasteiger partial charge is 0.351 e. The van der Waals surface area contributed by atoms with Crippen molar-refractivity contribution in [2.24, 2.45) is 0 Å². The molecule has 1 amide bonds. The molecule has 0 heterocycles. The first-order valence-electron chi connectivity index (χ1n) is 6.23. The fourth-order valence-corrected chi connectivity index (χ4v) is 2.34. The van der Waals surface area contributed by atoms with Gasteiger partial charge in [-0.25, -0.2) is 0 Å². The van der Waals surface area contributed by atoms with E-state index in [4.69, 9.17) is 23.2 Å². The number of halogens is 2. The van der Waals surface area contributed by atoms with Crippen molar-refractivity contribution in [2.45, 2.75) is 32.2 Å². The van der Waals surface area contributed by atoms with Crippen molar-refractivity contribution in [3.8, 4) is 0 Å². The minimum Gasteiger partial charge on any atom is -0.351 e. The SMILES string of the molecule is CNCCC(=O)NC(C)(C)Cc1ccc(Cl)cc1Cl. The molecule has 3 nitrogen and oxygen atoms in total. The Labute approximate surface area is 124 Å². The van der Waals surface area contributed by atoms with Gasteiger partial charge in [-0.3, -0.25) is 4.79 Å². The lowest BCUT2D eigenvalue weighted by Crippen LogP contribution is -2.45. The van der Waals surface area contributed by atoms with Crippen LogP contribution in [0.4, 0.5) is 0 Å². The van der Waals surface area contributed by atoms with Gasteiger partial charge in [0.1, 0.15) is 0 Å². The minimum atomic E-state index is -0.345. The summed E-state index contributed by atoms with van der Waals surface area (Å²) in [5, 5.41) is 7.21. The number of hydrogen-bond donors (Lipinski definition) is 2. The van der Waals surface area contributed by atoms with Crippen molar-refractivity contribution in [2.75, 3.05) is 13.6 Å². The molecule has 0 fully saturated rings. The van der Waals surface area contributed by atoms with E-state index >= 15 is 0 Å². The van der Waals surface area contributed by atoms with Gasteiger partial charge in [-0.15, -0.1) is 0 Å². The summed E-state index contributed by atoms with van der Waals surface area (Å²) in [4.78, 5) is 11.7. The lowest BCUT2D eigenvalue weighted by atomic mass is 9.94. The van der Waals surface area contributed by atoms with Crippen LogP contribution in [0.3, 0.4) is 0 Å². The zero-order valence-corrected chi connectivity index (χ0v) is 13.0. The summed E-state index contributed by atoms with van der Waals surface area (Å²) in [7, 11) is 1.83. The fourth-order valence-electron chi connectivity index (χ4n) is 1.86. The highest BCUT2D eigenvalue weighted by Gasteiger charge is 2.21. The van der Waals surface area contributed by atoms with Crippen molar-refractivity contribution in [3.05, 3.63) is 33.8 Å². The second-order valence-electron chi connectivity index (χ2n) is 5.20. The zero-order valence-electron chi connectivity index (χ0n) is 11.5. The lowest BCUT2D eigenvalue weighted by molar-refractivity contribution is -0.122. The Morgan fingerprint density at radius 3 is 2.58 bits per heavy atom. The third kappa shape index (κ3) is 5.81. The van der Waals surface area contributed by atoms with E-state index in [2.05, 4.69) is 10.6 Å². The molecule has 1 aromatic carbocycles. The van der Waals surface area contributed by atoms with Crippen LogP contribution in [0.1, 0.15) is 25.8 Å². The first kappa shape index (κ1) is 16.3. The summed E-state index contributed by atoms with van der Waals surface area (Å²) < 4.78 is 0. The number of benzene rings is 1. The summed E-state index contributed by atoms with van der Waals surface area (Å²) >= 11 is 12.0. The summed E-state index contributed by atoms with van der Waals surface area (Å²) in [5.41, 5.74) is 0.632. The topological polar surface area (TPSA) is 41.1 Å². The quantitative estimate of drug-likeness (QED) is 0.848. The van der Waals surface area contributed by atoms with E-state index in [1.54, 1.807) is 6.07 Å². The Morgan fingerprint density at radius 1 is 1.32 bits per heavy atom. The highest BCUT2D eigenvalue weighted by molar-refractivity contribution is 6.35. The first-order chi connectivity index (χ1) is 8.84. The number of nitrogens with one attached hydrogen (secondary N) is 2. The second kappa shape index (κ2) is 7.13. The Morgan fingerprint density at radius 2 is 2.00 bits per heavy atom. The summed E-state index contributed by atoms with van der Waals surface area (Å²) in [6.07, 6.45) is 1.13. The fraction of sp³-hybridized carbons (Fsp3) is 0.500. The number of carbonyl (C=O) groups is 1. The van der Waals surface area contributed by atoms with Gasteiger partial charge in [0.15, 0.2) is 0 Å². The zero-order chi connectivity index (χ0) is 14.5. The highest BCUT2D eigenvalue weighted by atomic mass is 35.5. The maximum atomic E-state index is 11.7. The second-order valence-corrected chi connectivity index (χ2v) is 6.04. The van der Waals surface area contributed by atoms with E-state index in [0.717, 1.165) is 5.56 Å². The molecule has 2 N–H and O–H groups in total. The monoisotopic (exact) mass is 302 g/mol. The molecule has 1 aromatic rings. The Balaban J connectivity index is 2.65. The number of amides is 1. The molecule has 0 bridgehead atoms. The van der Waals surface area contributed by atoms with Crippen LogP contribution in [0.15, 0.2) is 18.2 Å². The van der Waals surface area contributed by atoms with E-state index in [1.807, 2.05) is 33.0 Å². The number of carbonyl (C=O) groups excluding carboxylic acids is 1. The van der Waals surface area contributed by atoms with Gasteiger partial charge in [-0.1, -0.05) is 29.3 Å². The van der Waals surface area contributed by atoms with Gasteiger partial charge in [-0.2, -0.15) is 0 Å². The van der Waals surface area contributed by atoms with Gasteiger partial charge in [-0.05, 0) is 45.0 Å². The van der Waals surface area contributed by atoms with Crippen molar-refractivity contribution in [1.29, 1.82) is 0 Å². The molecule has 5 heteroatoms. The van der Waals surface area contributed by atoms with Gasteiger partial charge in [0.2, 0.25) is 5.91 Å². The molecule has 0 aliphatic heterocycles. The molecule has 1 rings (SSSR count). The smallest absolute Gasteiger partial charge is 0.221 e. The highest BCUT2D eigenvalue weighted by Crippen LogP contribution is 2.24. The molecule has 0 unspecified atom stereocenters. The van der Waals surface area contributed by atoms with Crippen molar-refractivity contribution in [3.63, 3.8) is 0 Å². The lowest BCUT2D eigenvalue weighted by Gasteiger charge is -2.27. The normalized spacial score (nSPS) is 11.4. The Hall–Kier alpha value is -0.770. The van der Waals surface area contributed by atoms with E-state index in [0.29, 0.717) is 29.4 Å². The van der Waals surface area contributed by atoms with Crippen LogP contribution in [0.25, 0.3) is 0 Å². The van der Waals surface area contributed by atoms with Crippen LogP contribution in [0.5, 0.6) is 0 Å². The summed E-state index contributed by atoms with van der Waals surface area (Å²) in [5.74, 6) is 0.0319. The van der Waals surface area contributed by atoms with E-state index in [-0.39, 0.29) is 11.4 Å². The van der Waals surface area contributed by atoms with E-state index < -0.39 is 0 Å². The van der Waals surface area contributed by atoms with Crippen LogP contribution in [0.2, 0.25) is 10.0 Å². The van der Waals surface area contributed by atoms with Crippen LogP contribution in [-0.2, 0) is 11.2 Å². The van der Waals surface area contributed by atoms with Crippen molar-refractivity contribution >= 4 is 29.1 Å². The van der Waals surface area contributed by atoms with Gasteiger partial charge in [0.05, 0.1) is 0 Å². The molecule has 0 saturated carbocycles. The van der Waals surface area contributed by atoms with Crippen LogP contribution in [-0.4, -0.2) is 25.0 Å². The minimum absolute atomic E-state index is 0.0319. The molecule has 106 valence electrons. The van der Waals surface area contributed by atoms with E-state index in [9.17, 15) is 4.79 Å². The van der Waals surface area contributed by atoms with Crippen LogP contribution in [0, 0.1) is 0 Å².